The fourth-order valence-corrected chi connectivity index (χ4v) is 3.42. The molecule has 2 heterocycles. The van der Waals surface area contributed by atoms with E-state index in [1.807, 2.05) is 0 Å². The first-order valence-electron chi connectivity index (χ1n) is 6.53. The van der Waals surface area contributed by atoms with Gasteiger partial charge in [-0.2, -0.15) is 0 Å². The summed E-state index contributed by atoms with van der Waals surface area (Å²) in [5.74, 6) is 1.04. The third kappa shape index (κ3) is 3.08. The average molecular weight is 286 g/mol. The van der Waals surface area contributed by atoms with Gasteiger partial charge in [0.05, 0.1) is 11.6 Å². The molecule has 1 aliphatic heterocycles. The number of hydrogen-bond donors (Lipinski definition) is 1. The molecule has 0 fully saturated rings. The molecule has 0 aromatic carbocycles. The fourth-order valence-electron chi connectivity index (χ4n) is 2.03. The summed E-state index contributed by atoms with van der Waals surface area (Å²) in [7, 11) is 0. The number of halogens is 1. The number of nitrogens with one attached hydrogen (secondary N) is 1. The predicted octanol–water partition coefficient (Wildman–Crippen LogP) is 4.44. The Labute approximate surface area is 118 Å². The number of thiophene rings is 1. The van der Waals surface area contributed by atoms with Gasteiger partial charge in [0.15, 0.2) is 0 Å². The topological polar surface area (TPSA) is 21.3 Å². The number of hydrogen-bond acceptors (Lipinski definition) is 3. The second kappa shape index (κ2) is 6.60. The van der Waals surface area contributed by atoms with Gasteiger partial charge in [0.1, 0.15) is 11.8 Å². The molecule has 100 valence electrons. The maximum absolute atomic E-state index is 6.39. The highest BCUT2D eigenvalue weighted by Crippen LogP contribution is 2.37. The highest BCUT2D eigenvalue weighted by molar-refractivity contribution is 7.10. The van der Waals surface area contributed by atoms with Crippen molar-refractivity contribution in [1.29, 1.82) is 0 Å². The first-order valence-corrected chi connectivity index (χ1v) is 7.79. The minimum atomic E-state index is 0.122. The molecule has 1 unspecified atom stereocenters. The van der Waals surface area contributed by atoms with E-state index in [0.717, 1.165) is 48.8 Å². The molecular weight excluding hydrogens is 266 g/mol. The van der Waals surface area contributed by atoms with E-state index < -0.39 is 0 Å². The fraction of sp³-hybridized carbons (Fsp3) is 0.571. The minimum Gasteiger partial charge on any atom is -0.496 e. The summed E-state index contributed by atoms with van der Waals surface area (Å²) in [4.78, 5) is 1.18. The lowest BCUT2D eigenvalue weighted by Gasteiger charge is -2.24. The van der Waals surface area contributed by atoms with Gasteiger partial charge in [-0.3, -0.25) is 0 Å². The largest absolute Gasteiger partial charge is 0.496 e. The Morgan fingerprint density at radius 3 is 2.94 bits per heavy atom. The molecule has 1 atom stereocenters. The van der Waals surface area contributed by atoms with Gasteiger partial charge >= 0.3 is 0 Å². The van der Waals surface area contributed by atoms with Crippen molar-refractivity contribution in [2.45, 2.75) is 39.2 Å². The summed E-state index contributed by atoms with van der Waals surface area (Å²) in [6.45, 7) is 6.01. The van der Waals surface area contributed by atoms with Gasteiger partial charge in [-0.1, -0.05) is 18.5 Å². The SMILES string of the molecule is CCCNC(C1=CCCCO1)c1scc(C)c1Cl. The highest BCUT2D eigenvalue weighted by Gasteiger charge is 2.23. The Balaban J connectivity index is 2.24. The van der Waals surface area contributed by atoms with Crippen LogP contribution in [0.1, 0.15) is 42.7 Å². The molecular formula is C14H20ClNOS. The Hall–Kier alpha value is -0.510. The smallest absolute Gasteiger partial charge is 0.114 e. The molecule has 1 aliphatic rings. The van der Waals surface area contributed by atoms with Crippen LogP contribution in [0.5, 0.6) is 0 Å². The first kappa shape index (κ1) is 13.9. The van der Waals surface area contributed by atoms with Crippen LogP contribution in [0.2, 0.25) is 5.02 Å². The van der Waals surface area contributed by atoms with Gasteiger partial charge in [-0.15, -0.1) is 11.3 Å². The van der Waals surface area contributed by atoms with Crippen LogP contribution in [0.3, 0.4) is 0 Å². The van der Waals surface area contributed by atoms with Crippen molar-refractivity contribution >= 4 is 22.9 Å². The molecule has 1 N–H and O–H groups in total. The van der Waals surface area contributed by atoms with Crippen molar-refractivity contribution < 1.29 is 4.74 Å². The van der Waals surface area contributed by atoms with Crippen molar-refractivity contribution in [2.24, 2.45) is 0 Å². The van der Waals surface area contributed by atoms with Crippen LogP contribution < -0.4 is 5.32 Å². The van der Waals surface area contributed by atoms with Gasteiger partial charge in [-0.25, -0.2) is 0 Å². The lowest BCUT2D eigenvalue weighted by Crippen LogP contribution is -2.25. The van der Waals surface area contributed by atoms with Crippen molar-refractivity contribution in [3.63, 3.8) is 0 Å². The molecule has 0 radical (unpaired) electrons. The van der Waals surface area contributed by atoms with E-state index in [-0.39, 0.29) is 6.04 Å². The van der Waals surface area contributed by atoms with E-state index in [4.69, 9.17) is 16.3 Å². The number of aryl methyl sites for hydroxylation is 1. The summed E-state index contributed by atoms with van der Waals surface area (Å²) >= 11 is 8.10. The van der Waals surface area contributed by atoms with Crippen LogP contribution in [0.15, 0.2) is 17.2 Å². The van der Waals surface area contributed by atoms with Crippen LogP contribution in [0.4, 0.5) is 0 Å². The van der Waals surface area contributed by atoms with E-state index in [9.17, 15) is 0 Å². The Bertz CT molecular complexity index is 427. The maximum Gasteiger partial charge on any atom is 0.114 e. The van der Waals surface area contributed by atoms with Crippen LogP contribution in [0.25, 0.3) is 0 Å². The van der Waals surface area contributed by atoms with E-state index in [0.29, 0.717) is 0 Å². The summed E-state index contributed by atoms with van der Waals surface area (Å²) in [5.41, 5.74) is 1.15. The number of allylic oxidation sites excluding steroid dienone is 1. The molecule has 0 saturated heterocycles. The average Bonchev–Trinajstić information content (AvgIpc) is 2.73. The Kier molecular flexibility index (Phi) is 5.10. The molecule has 0 saturated carbocycles. The van der Waals surface area contributed by atoms with E-state index >= 15 is 0 Å². The molecule has 2 rings (SSSR count). The molecule has 2 nitrogen and oxygen atoms in total. The van der Waals surface area contributed by atoms with Crippen LogP contribution in [0, 0.1) is 6.92 Å². The summed E-state index contributed by atoms with van der Waals surface area (Å²) in [6.07, 6.45) is 5.51. The Morgan fingerprint density at radius 2 is 2.39 bits per heavy atom. The third-order valence-electron chi connectivity index (χ3n) is 3.03. The molecule has 4 heteroatoms. The van der Waals surface area contributed by atoms with Crippen molar-refractivity contribution in [1.82, 2.24) is 5.32 Å². The highest BCUT2D eigenvalue weighted by atomic mass is 35.5. The van der Waals surface area contributed by atoms with Gasteiger partial charge in [-0.05, 0) is 49.8 Å². The quantitative estimate of drug-likeness (QED) is 0.863. The van der Waals surface area contributed by atoms with Crippen molar-refractivity contribution in [3.8, 4) is 0 Å². The van der Waals surface area contributed by atoms with Crippen LogP contribution >= 0.6 is 22.9 Å². The zero-order chi connectivity index (χ0) is 13.0. The molecule has 1 aromatic heterocycles. The molecule has 0 amide bonds. The van der Waals surface area contributed by atoms with Crippen molar-refractivity contribution in [3.05, 3.63) is 32.7 Å². The Morgan fingerprint density at radius 1 is 1.56 bits per heavy atom. The third-order valence-corrected chi connectivity index (χ3v) is 4.81. The van der Waals surface area contributed by atoms with Gasteiger partial charge in [0.25, 0.3) is 0 Å². The second-order valence-electron chi connectivity index (χ2n) is 4.58. The first-order chi connectivity index (χ1) is 8.74. The summed E-state index contributed by atoms with van der Waals surface area (Å²) in [5, 5.41) is 6.53. The lowest BCUT2D eigenvalue weighted by atomic mass is 10.1. The summed E-state index contributed by atoms with van der Waals surface area (Å²) in [6, 6.07) is 0.122. The predicted molar refractivity (Wildman–Crippen MR) is 78.4 cm³/mol. The van der Waals surface area contributed by atoms with Crippen LogP contribution in [-0.4, -0.2) is 13.2 Å². The minimum absolute atomic E-state index is 0.122. The number of rotatable bonds is 5. The van der Waals surface area contributed by atoms with Gasteiger partial charge in [0, 0.05) is 4.88 Å². The molecule has 0 aliphatic carbocycles. The van der Waals surface area contributed by atoms with E-state index in [1.54, 1.807) is 11.3 Å². The normalized spacial score (nSPS) is 17.2. The molecule has 0 spiro atoms. The lowest BCUT2D eigenvalue weighted by molar-refractivity contribution is 0.168. The standard InChI is InChI=1S/C14H20ClNOS/c1-3-7-16-13(11-6-4-5-8-17-11)14-12(15)10(2)9-18-14/h6,9,13,16H,3-5,7-8H2,1-2H3. The van der Waals surface area contributed by atoms with Crippen molar-refractivity contribution in [2.75, 3.05) is 13.2 Å². The zero-order valence-corrected chi connectivity index (χ0v) is 12.5. The molecule has 0 bridgehead atoms. The monoisotopic (exact) mass is 285 g/mol. The number of ether oxygens (including phenoxy) is 1. The summed E-state index contributed by atoms with van der Waals surface area (Å²) < 4.78 is 5.80. The van der Waals surface area contributed by atoms with Gasteiger partial charge < -0.3 is 10.1 Å². The van der Waals surface area contributed by atoms with Crippen LogP contribution in [-0.2, 0) is 4.74 Å². The zero-order valence-electron chi connectivity index (χ0n) is 11.0. The van der Waals surface area contributed by atoms with E-state index in [2.05, 4.69) is 30.6 Å². The van der Waals surface area contributed by atoms with E-state index in [1.165, 1.54) is 4.88 Å². The van der Waals surface area contributed by atoms with Gasteiger partial charge in [0.2, 0.25) is 0 Å². The molecule has 18 heavy (non-hydrogen) atoms. The maximum atomic E-state index is 6.39. The second-order valence-corrected chi connectivity index (χ2v) is 5.87. The molecule has 1 aromatic rings.